The van der Waals surface area contributed by atoms with Crippen LogP contribution in [-0.4, -0.2) is 19.5 Å². The van der Waals surface area contributed by atoms with Crippen LogP contribution in [-0.2, 0) is 11.3 Å². The van der Waals surface area contributed by atoms with E-state index in [1.807, 2.05) is 26.8 Å². The Kier molecular flexibility index (Phi) is 4.21. The van der Waals surface area contributed by atoms with Gasteiger partial charge in [-0.15, -0.1) is 0 Å². The Morgan fingerprint density at radius 1 is 1.41 bits per heavy atom. The van der Waals surface area contributed by atoms with Crippen molar-refractivity contribution in [2.75, 3.05) is 0 Å². The zero-order valence-corrected chi connectivity index (χ0v) is 11.3. The van der Waals surface area contributed by atoms with Crippen LogP contribution >= 0.6 is 0 Å². The molecule has 0 atom stereocenters. The third-order valence-electron chi connectivity index (χ3n) is 2.41. The van der Waals surface area contributed by atoms with Gasteiger partial charge in [-0.2, -0.15) is 0 Å². The monoisotopic (exact) mass is 233 g/mol. The predicted octanol–water partition coefficient (Wildman–Crippen LogP) is 1.28. The molecule has 0 spiro atoms. The first-order chi connectivity index (χ1) is 7.78. The lowest BCUT2D eigenvalue weighted by atomic mass is 9.90. The molecule has 0 bridgehead atoms. The average molecular weight is 233 g/mol. The fourth-order valence-corrected chi connectivity index (χ4v) is 1.40. The maximum atomic E-state index is 11.5. The third kappa shape index (κ3) is 4.94. The van der Waals surface area contributed by atoms with Gasteiger partial charge in [-0.25, -0.2) is 4.79 Å². The summed E-state index contributed by atoms with van der Waals surface area (Å²) < 4.78 is 5.16. The van der Waals surface area contributed by atoms with Crippen LogP contribution < -0.4 is 10.8 Å². The summed E-state index contributed by atoms with van der Waals surface area (Å²) in [5.74, 6) is 0. The number of nitrogens with one attached hydrogen (secondary N) is 1. The first-order valence-corrected chi connectivity index (χ1v) is 5.81. The second-order valence-electron chi connectivity index (χ2n) is 5.27. The molecule has 17 heavy (non-hydrogen) atoms. The lowest BCUT2D eigenvalue weighted by molar-refractivity contribution is 0.0523. The fourth-order valence-electron chi connectivity index (χ4n) is 1.40. The molecule has 0 unspecified atom stereocenters. The Morgan fingerprint density at radius 3 is 2.59 bits per heavy atom. The highest BCUT2D eigenvalue weighted by Gasteiger charge is 2.15. The number of carbonyl (C=O) groups is 1. The van der Waals surface area contributed by atoms with Gasteiger partial charge in [0.2, 0.25) is 0 Å². The number of aryl methyl sites for hydroxylation is 1. The molecule has 0 heterocycles. The molecule has 1 rings (SSSR count). The molecule has 92 valence electrons. The van der Waals surface area contributed by atoms with Crippen molar-refractivity contribution in [3.8, 4) is 0 Å². The molecule has 1 amide bonds. The highest BCUT2D eigenvalue weighted by atomic mass is 16.6. The van der Waals surface area contributed by atoms with E-state index in [1.54, 1.807) is 0 Å². The van der Waals surface area contributed by atoms with E-state index in [-0.39, 0.29) is 6.09 Å². The van der Waals surface area contributed by atoms with E-state index < -0.39 is 5.60 Å². The maximum Gasteiger partial charge on any atom is 0.407 e. The minimum atomic E-state index is -0.451. The number of alkyl carbamates (subject to hydrolysis) is 1. The van der Waals surface area contributed by atoms with Crippen molar-refractivity contribution in [2.45, 2.75) is 39.8 Å². The quantitative estimate of drug-likeness (QED) is 0.781. The lowest BCUT2D eigenvalue weighted by Crippen LogP contribution is -2.32. The van der Waals surface area contributed by atoms with Gasteiger partial charge in [0, 0.05) is 6.54 Å². The molecule has 1 aromatic rings. The molecule has 0 fully saturated rings. The van der Waals surface area contributed by atoms with Gasteiger partial charge < -0.3 is 10.1 Å². The van der Waals surface area contributed by atoms with Gasteiger partial charge in [0.15, 0.2) is 0 Å². The molecule has 0 radical (unpaired) electrons. The second-order valence-corrected chi connectivity index (χ2v) is 5.27. The summed E-state index contributed by atoms with van der Waals surface area (Å²) in [4.78, 5) is 11.5. The van der Waals surface area contributed by atoms with Gasteiger partial charge in [-0.05, 0) is 33.3 Å². The van der Waals surface area contributed by atoms with Gasteiger partial charge in [0.05, 0.1) is 0 Å². The first kappa shape index (κ1) is 13.6. The van der Waals surface area contributed by atoms with Crippen LogP contribution in [0.1, 0.15) is 31.9 Å². The van der Waals surface area contributed by atoms with Crippen molar-refractivity contribution >= 4 is 19.4 Å². The number of hydrogen-bond donors (Lipinski definition) is 1. The van der Waals surface area contributed by atoms with E-state index in [1.165, 1.54) is 11.0 Å². The zero-order chi connectivity index (χ0) is 13.1. The summed E-state index contributed by atoms with van der Waals surface area (Å²) >= 11 is 0. The van der Waals surface area contributed by atoms with Crippen LogP contribution in [0.15, 0.2) is 18.2 Å². The molecule has 0 aromatic heterocycles. The van der Waals surface area contributed by atoms with Crippen LogP contribution in [0.3, 0.4) is 0 Å². The van der Waals surface area contributed by atoms with Gasteiger partial charge >= 0.3 is 6.09 Å². The number of ether oxygens (including phenoxy) is 1. The van der Waals surface area contributed by atoms with E-state index in [0.717, 1.165) is 5.56 Å². The number of carbonyl (C=O) groups excluding carboxylic acids is 1. The molecule has 0 aliphatic rings. The van der Waals surface area contributed by atoms with Crippen molar-refractivity contribution < 1.29 is 9.53 Å². The molecule has 3 nitrogen and oxygen atoms in total. The molecular weight excluding hydrogens is 213 g/mol. The molecule has 1 aromatic carbocycles. The van der Waals surface area contributed by atoms with Crippen LogP contribution in [0, 0.1) is 6.92 Å². The maximum absolute atomic E-state index is 11.5. The summed E-state index contributed by atoms with van der Waals surface area (Å²) in [6.07, 6.45) is -0.379. The Hall–Kier alpha value is -1.45. The van der Waals surface area contributed by atoms with Gasteiger partial charge in [0.1, 0.15) is 13.4 Å². The van der Waals surface area contributed by atoms with E-state index >= 15 is 0 Å². The lowest BCUT2D eigenvalue weighted by Gasteiger charge is -2.19. The first-order valence-electron chi connectivity index (χ1n) is 5.81. The Labute approximate surface area is 104 Å². The highest BCUT2D eigenvalue weighted by Crippen LogP contribution is 2.07. The predicted molar refractivity (Wildman–Crippen MR) is 72.4 cm³/mol. The molecule has 4 heteroatoms. The molecular formula is C13H20BNO2. The van der Waals surface area contributed by atoms with Crippen LogP contribution in [0.4, 0.5) is 4.79 Å². The van der Waals surface area contributed by atoms with Crippen molar-refractivity contribution in [2.24, 2.45) is 0 Å². The molecule has 0 aliphatic carbocycles. The SMILES string of the molecule is Bc1ccc(CNC(=O)OC(C)(C)C)cc1C. The Balaban J connectivity index is 2.50. The van der Waals surface area contributed by atoms with Crippen LogP contribution in [0.5, 0.6) is 0 Å². The van der Waals surface area contributed by atoms with E-state index in [0.29, 0.717) is 6.54 Å². The number of benzene rings is 1. The Morgan fingerprint density at radius 2 is 2.06 bits per heavy atom. The molecule has 1 N–H and O–H groups in total. The topological polar surface area (TPSA) is 38.3 Å². The van der Waals surface area contributed by atoms with Gasteiger partial charge in [-0.3, -0.25) is 0 Å². The van der Waals surface area contributed by atoms with Crippen molar-refractivity contribution in [3.63, 3.8) is 0 Å². The van der Waals surface area contributed by atoms with Crippen molar-refractivity contribution in [1.82, 2.24) is 5.32 Å². The third-order valence-corrected chi connectivity index (χ3v) is 2.41. The summed E-state index contributed by atoms with van der Waals surface area (Å²) in [6.45, 7) is 8.11. The minimum absolute atomic E-state index is 0.379. The normalized spacial score (nSPS) is 11.1. The zero-order valence-electron chi connectivity index (χ0n) is 11.3. The van der Waals surface area contributed by atoms with Gasteiger partial charge in [0.25, 0.3) is 0 Å². The van der Waals surface area contributed by atoms with Crippen molar-refractivity contribution in [1.29, 1.82) is 0 Å². The fraction of sp³-hybridized carbons (Fsp3) is 0.462. The molecule has 0 saturated heterocycles. The summed E-state index contributed by atoms with van der Waals surface area (Å²) in [5, 5.41) is 2.74. The molecule has 0 saturated carbocycles. The van der Waals surface area contributed by atoms with E-state index in [2.05, 4.69) is 32.2 Å². The van der Waals surface area contributed by atoms with Crippen LogP contribution in [0.2, 0.25) is 0 Å². The van der Waals surface area contributed by atoms with Crippen LogP contribution in [0.25, 0.3) is 0 Å². The Bertz CT molecular complexity index is 410. The molecule has 0 aliphatic heterocycles. The summed E-state index contributed by atoms with van der Waals surface area (Å²) in [6, 6.07) is 6.15. The van der Waals surface area contributed by atoms with E-state index in [9.17, 15) is 4.79 Å². The number of rotatable bonds is 2. The largest absolute Gasteiger partial charge is 0.444 e. The van der Waals surface area contributed by atoms with Gasteiger partial charge in [-0.1, -0.05) is 29.2 Å². The average Bonchev–Trinajstić information content (AvgIpc) is 2.17. The number of hydrogen-bond acceptors (Lipinski definition) is 2. The summed E-state index contributed by atoms with van der Waals surface area (Å²) in [7, 11) is 2.07. The van der Waals surface area contributed by atoms with Crippen molar-refractivity contribution in [3.05, 3.63) is 29.3 Å². The minimum Gasteiger partial charge on any atom is -0.444 e. The standard InChI is InChI=1S/C13H20BNO2/c1-9-7-10(5-6-11(9)14)8-15-12(16)17-13(2,3)4/h5-7H,8,14H2,1-4H3,(H,15,16). The number of amides is 1. The summed E-state index contributed by atoms with van der Waals surface area (Å²) in [5.41, 5.74) is 3.12. The van der Waals surface area contributed by atoms with E-state index in [4.69, 9.17) is 4.74 Å². The highest BCUT2D eigenvalue weighted by molar-refractivity contribution is 6.33. The smallest absolute Gasteiger partial charge is 0.407 e. The second kappa shape index (κ2) is 5.26.